The first-order valence-electron chi connectivity index (χ1n) is 13.1. The number of hydrogen-bond acceptors (Lipinski definition) is 8. The lowest BCUT2D eigenvalue weighted by molar-refractivity contribution is -0.138. The summed E-state index contributed by atoms with van der Waals surface area (Å²) in [5, 5.41) is 9.96. The number of anilines is 3. The predicted molar refractivity (Wildman–Crippen MR) is 156 cm³/mol. The highest BCUT2D eigenvalue weighted by Gasteiger charge is 2.17. The maximum atomic E-state index is 11.6. The van der Waals surface area contributed by atoms with Crippen molar-refractivity contribution in [3.63, 3.8) is 0 Å². The summed E-state index contributed by atoms with van der Waals surface area (Å²) in [5.74, 6) is -0.493. The molecule has 0 bridgehead atoms. The van der Waals surface area contributed by atoms with Crippen LogP contribution in [0.4, 0.5) is 21.9 Å². The molecule has 3 N–H and O–H groups in total. The van der Waals surface area contributed by atoms with E-state index in [-0.39, 0.29) is 25.7 Å². The summed E-state index contributed by atoms with van der Waals surface area (Å²) in [6.07, 6.45) is 0.228. The van der Waals surface area contributed by atoms with Crippen LogP contribution in [0, 0.1) is 0 Å². The van der Waals surface area contributed by atoms with Crippen molar-refractivity contribution in [3.05, 3.63) is 102 Å². The maximum Gasteiger partial charge on any atom is 0.508 e. The zero-order chi connectivity index (χ0) is 27.9. The van der Waals surface area contributed by atoms with Gasteiger partial charge in [-0.05, 0) is 66.9 Å². The van der Waals surface area contributed by atoms with Gasteiger partial charge in [0.05, 0.1) is 0 Å². The molecule has 0 saturated heterocycles. The predicted octanol–water partition coefficient (Wildman–Crippen LogP) is 6.02. The molecule has 0 amide bonds. The van der Waals surface area contributed by atoms with Gasteiger partial charge in [-0.3, -0.25) is 0 Å². The van der Waals surface area contributed by atoms with E-state index in [1.54, 1.807) is 0 Å². The number of esters is 1. The molecule has 3 rings (SSSR count). The van der Waals surface area contributed by atoms with Crippen LogP contribution in [0.15, 0.2) is 85.5 Å². The molecule has 8 heteroatoms. The molecule has 0 heterocycles. The lowest BCUT2D eigenvalue weighted by Crippen LogP contribution is -2.17. The van der Waals surface area contributed by atoms with Crippen molar-refractivity contribution in [3.8, 4) is 0 Å². The van der Waals surface area contributed by atoms with Gasteiger partial charge >= 0.3 is 12.1 Å². The first-order valence-corrected chi connectivity index (χ1v) is 13.1. The average molecular weight is 532 g/mol. The minimum absolute atomic E-state index is 0.0505. The fourth-order valence-corrected chi connectivity index (χ4v) is 4.06. The molecular formula is C31H37N3O5. The van der Waals surface area contributed by atoms with E-state index >= 15 is 0 Å². The second-order valence-electron chi connectivity index (χ2n) is 8.61. The van der Waals surface area contributed by atoms with E-state index in [9.17, 15) is 9.59 Å². The Balaban J connectivity index is 1.60. The SMILES string of the molecule is C=CC(=O)OCCOC(=O)OCCNc1ccc(C(c2ccc(NCC)cc2)c2ccc(NCC)cc2)cc1. The van der Waals surface area contributed by atoms with E-state index in [0.717, 1.165) is 36.2 Å². The van der Waals surface area contributed by atoms with Crippen molar-refractivity contribution in [2.24, 2.45) is 0 Å². The highest BCUT2D eigenvalue weighted by Crippen LogP contribution is 2.34. The molecule has 0 radical (unpaired) electrons. The van der Waals surface area contributed by atoms with E-state index in [2.05, 4.69) is 97.0 Å². The molecule has 3 aromatic rings. The number of ether oxygens (including phenoxy) is 3. The smallest absolute Gasteiger partial charge is 0.459 e. The standard InChI is InChI=1S/C31H37N3O5/c1-4-29(35)37-21-22-39-31(36)38-20-19-34-28-17-11-25(12-18-28)30(23-7-13-26(14-8-23)32-5-2)24-9-15-27(16-10-24)33-6-3/h4,7-18,30,32-34H,1,5-6,19-22H2,2-3H3. The topological polar surface area (TPSA) is 97.9 Å². The number of rotatable bonds is 15. The van der Waals surface area contributed by atoms with Crippen molar-refractivity contribution in [1.82, 2.24) is 0 Å². The monoisotopic (exact) mass is 531 g/mol. The van der Waals surface area contributed by atoms with Crippen molar-refractivity contribution < 1.29 is 23.8 Å². The van der Waals surface area contributed by atoms with E-state index in [4.69, 9.17) is 14.2 Å². The van der Waals surface area contributed by atoms with Crippen molar-refractivity contribution in [2.45, 2.75) is 19.8 Å². The molecule has 0 spiro atoms. The van der Waals surface area contributed by atoms with Crippen molar-refractivity contribution in [1.29, 1.82) is 0 Å². The van der Waals surface area contributed by atoms with Gasteiger partial charge in [0.25, 0.3) is 0 Å². The van der Waals surface area contributed by atoms with Gasteiger partial charge in [-0.2, -0.15) is 0 Å². The molecule has 0 aliphatic rings. The zero-order valence-corrected chi connectivity index (χ0v) is 22.6. The summed E-state index contributed by atoms with van der Waals surface area (Å²) < 4.78 is 14.6. The Morgan fingerprint density at radius 3 is 1.51 bits per heavy atom. The van der Waals surface area contributed by atoms with Crippen LogP contribution in [-0.4, -0.2) is 51.6 Å². The Bertz CT molecular complexity index is 1130. The Hall–Kier alpha value is -4.46. The van der Waals surface area contributed by atoms with Gasteiger partial charge in [0.15, 0.2) is 0 Å². The number of benzene rings is 3. The molecule has 0 aromatic heterocycles. The second-order valence-corrected chi connectivity index (χ2v) is 8.61. The minimum atomic E-state index is -0.815. The van der Waals surface area contributed by atoms with E-state index in [0.29, 0.717) is 6.54 Å². The van der Waals surface area contributed by atoms with Crippen LogP contribution < -0.4 is 16.0 Å². The molecule has 0 fully saturated rings. The van der Waals surface area contributed by atoms with Gasteiger partial charge in [-0.1, -0.05) is 43.0 Å². The van der Waals surface area contributed by atoms with Gasteiger partial charge in [0.1, 0.15) is 19.8 Å². The number of carbonyl (C=O) groups is 2. The molecule has 3 aromatic carbocycles. The summed E-state index contributed by atoms with van der Waals surface area (Å²) >= 11 is 0. The lowest BCUT2D eigenvalue weighted by Gasteiger charge is -2.20. The number of nitrogens with one attached hydrogen (secondary N) is 3. The van der Waals surface area contributed by atoms with Crippen LogP contribution in [-0.2, 0) is 19.0 Å². The fourth-order valence-electron chi connectivity index (χ4n) is 4.06. The molecule has 0 unspecified atom stereocenters. The molecule has 0 saturated carbocycles. The summed E-state index contributed by atoms with van der Waals surface area (Å²) in [4.78, 5) is 22.6. The zero-order valence-electron chi connectivity index (χ0n) is 22.6. The number of carbonyl (C=O) groups excluding carboxylic acids is 2. The molecule has 0 aliphatic carbocycles. The summed E-state index contributed by atoms with van der Waals surface area (Å²) in [6.45, 7) is 9.63. The summed E-state index contributed by atoms with van der Waals surface area (Å²) in [6, 6.07) is 25.4. The Morgan fingerprint density at radius 2 is 1.08 bits per heavy atom. The van der Waals surface area contributed by atoms with Crippen molar-refractivity contribution >= 4 is 29.2 Å². The van der Waals surface area contributed by atoms with Crippen LogP contribution in [0.25, 0.3) is 0 Å². The molecule has 39 heavy (non-hydrogen) atoms. The Kier molecular flexibility index (Phi) is 11.7. The molecule has 206 valence electrons. The highest BCUT2D eigenvalue weighted by atomic mass is 16.7. The van der Waals surface area contributed by atoms with Crippen molar-refractivity contribution in [2.75, 3.05) is 55.4 Å². The lowest BCUT2D eigenvalue weighted by atomic mass is 9.85. The van der Waals surface area contributed by atoms with Gasteiger partial charge in [0, 0.05) is 48.7 Å². The maximum absolute atomic E-state index is 11.6. The van der Waals surface area contributed by atoms with Gasteiger partial charge in [-0.25, -0.2) is 9.59 Å². The van der Waals surface area contributed by atoms with Crippen LogP contribution in [0.1, 0.15) is 36.5 Å². The second kappa shape index (κ2) is 15.7. The van der Waals surface area contributed by atoms with E-state index < -0.39 is 12.1 Å². The summed E-state index contributed by atoms with van der Waals surface area (Å²) in [5.41, 5.74) is 6.70. The molecule has 0 atom stereocenters. The summed E-state index contributed by atoms with van der Waals surface area (Å²) in [7, 11) is 0. The molecule has 0 aliphatic heterocycles. The third-order valence-electron chi connectivity index (χ3n) is 5.86. The van der Waals surface area contributed by atoms with Gasteiger partial charge < -0.3 is 30.2 Å². The highest BCUT2D eigenvalue weighted by molar-refractivity contribution is 5.81. The largest absolute Gasteiger partial charge is 0.508 e. The minimum Gasteiger partial charge on any atom is -0.459 e. The quantitative estimate of drug-likeness (QED) is 0.0947. The Labute approximate surface area is 230 Å². The van der Waals surface area contributed by atoms with Crippen LogP contribution in [0.5, 0.6) is 0 Å². The third-order valence-corrected chi connectivity index (χ3v) is 5.86. The fraction of sp³-hybridized carbons (Fsp3) is 0.290. The number of hydrogen-bond donors (Lipinski definition) is 3. The van der Waals surface area contributed by atoms with Crippen LogP contribution in [0.2, 0.25) is 0 Å². The first-order chi connectivity index (χ1) is 19.0. The van der Waals surface area contributed by atoms with E-state index in [1.165, 1.54) is 16.7 Å². The normalized spacial score (nSPS) is 10.4. The first kappa shape index (κ1) is 29.1. The van der Waals surface area contributed by atoms with Crippen LogP contribution in [0.3, 0.4) is 0 Å². The molecular weight excluding hydrogens is 494 g/mol. The van der Waals surface area contributed by atoms with Gasteiger partial charge in [-0.15, -0.1) is 0 Å². The van der Waals surface area contributed by atoms with Crippen LogP contribution >= 0.6 is 0 Å². The third kappa shape index (κ3) is 9.41. The van der Waals surface area contributed by atoms with Gasteiger partial charge in [0.2, 0.25) is 0 Å². The molecule has 8 nitrogen and oxygen atoms in total. The van der Waals surface area contributed by atoms with E-state index in [1.807, 2.05) is 12.1 Å². The Morgan fingerprint density at radius 1 is 0.667 bits per heavy atom. The average Bonchev–Trinajstić information content (AvgIpc) is 2.96.